The van der Waals surface area contributed by atoms with Crippen LogP contribution < -0.4 is 11.1 Å². The molecule has 1 saturated carbocycles. The highest BCUT2D eigenvalue weighted by molar-refractivity contribution is 7.89. The summed E-state index contributed by atoms with van der Waals surface area (Å²) >= 11 is 0. The number of aromatic nitrogens is 2. The molecule has 0 aliphatic heterocycles. The molecule has 0 aromatic carbocycles. The number of hydrogen-bond donors (Lipinski definition) is 2. The van der Waals surface area contributed by atoms with Crippen LogP contribution >= 0.6 is 0 Å². The molecule has 1 aliphatic rings. The Hall–Kier alpha value is -1.61. The summed E-state index contributed by atoms with van der Waals surface area (Å²) in [5.41, 5.74) is 5.55. The highest BCUT2D eigenvalue weighted by Gasteiger charge is 2.29. The maximum Gasteiger partial charge on any atom is 0.248 e. The molecule has 0 saturated heterocycles. The van der Waals surface area contributed by atoms with Gasteiger partial charge in [-0.15, -0.1) is 0 Å². The van der Waals surface area contributed by atoms with Crippen molar-refractivity contribution in [3.05, 3.63) is 6.20 Å². The predicted molar refractivity (Wildman–Crippen MR) is 68.6 cm³/mol. The van der Waals surface area contributed by atoms with Crippen LogP contribution in [0.2, 0.25) is 0 Å². The number of amides is 1. The first-order valence-corrected chi connectivity index (χ1v) is 7.29. The van der Waals surface area contributed by atoms with E-state index in [1.807, 2.05) is 0 Å². The first kappa shape index (κ1) is 13.8. The van der Waals surface area contributed by atoms with E-state index in [-0.39, 0.29) is 29.2 Å². The maximum atomic E-state index is 12.2. The molecular formula is C10H17N5O3S. The van der Waals surface area contributed by atoms with Gasteiger partial charge in [0.05, 0.1) is 6.54 Å². The third-order valence-corrected chi connectivity index (χ3v) is 4.64. The first-order chi connectivity index (χ1) is 8.80. The van der Waals surface area contributed by atoms with Crippen LogP contribution in [0.5, 0.6) is 0 Å². The summed E-state index contributed by atoms with van der Waals surface area (Å²) in [5, 5.41) is 6.52. The molecule has 1 aromatic heterocycles. The second kappa shape index (κ2) is 4.82. The van der Waals surface area contributed by atoms with Gasteiger partial charge in [-0.2, -0.15) is 9.40 Å². The van der Waals surface area contributed by atoms with Gasteiger partial charge in [-0.1, -0.05) is 0 Å². The summed E-state index contributed by atoms with van der Waals surface area (Å²) in [6, 6.07) is 0.201. The molecule has 1 aliphatic carbocycles. The lowest BCUT2D eigenvalue weighted by atomic mass is 10.5. The smallest absolute Gasteiger partial charge is 0.248 e. The standard InChI is InChI=1S/C10H17N5O3S/c1-14-5-8(10(11)13-14)19(17,18)15(2)6-9(16)12-7-3-4-7/h5,7H,3-4,6H2,1-2H3,(H2,11,13)(H,12,16). The zero-order valence-electron chi connectivity index (χ0n) is 10.8. The number of sulfonamides is 1. The zero-order valence-corrected chi connectivity index (χ0v) is 11.6. The molecular weight excluding hydrogens is 270 g/mol. The molecule has 0 spiro atoms. The van der Waals surface area contributed by atoms with Gasteiger partial charge >= 0.3 is 0 Å². The number of anilines is 1. The summed E-state index contributed by atoms with van der Waals surface area (Å²) in [7, 11) is -0.875. The van der Waals surface area contributed by atoms with E-state index < -0.39 is 10.0 Å². The molecule has 0 atom stereocenters. The van der Waals surface area contributed by atoms with Gasteiger partial charge < -0.3 is 11.1 Å². The monoisotopic (exact) mass is 287 g/mol. The van der Waals surface area contributed by atoms with Gasteiger partial charge in [0.1, 0.15) is 4.90 Å². The van der Waals surface area contributed by atoms with E-state index in [1.165, 1.54) is 17.9 Å². The minimum absolute atomic E-state index is 0.0723. The summed E-state index contributed by atoms with van der Waals surface area (Å²) in [6.07, 6.45) is 3.23. The van der Waals surface area contributed by atoms with Crippen molar-refractivity contribution in [2.45, 2.75) is 23.8 Å². The van der Waals surface area contributed by atoms with Crippen molar-refractivity contribution in [3.63, 3.8) is 0 Å². The number of hydrogen-bond acceptors (Lipinski definition) is 5. The van der Waals surface area contributed by atoms with Gasteiger partial charge in [0, 0.05) is 26.3 Å². The number of carbonyl (C=O) groups excluding carboxylic acids is 1. The van der Waals surface area contributed by atoms with Crippen LogP contribution in [0.1, 0.15) is 12.8 Å². The topological polar surface area (TPSA) is 110 Å². The van der Waals surface area contributed by atoms with Crippen LogP contribution in [0.4, 0.5) is 5.82 Å². The molecule has 0 unspecified atom stereocenters. The Morgan fingerprint density at radius 1 is 1.63 bits per heavy atom. The van der Waals surface area contributed by atoms with Crippen molar-refractivity contribution in [2.24, 2.45) is 7.05 Å². The molecule has 1 aromatic rings. The van der Waals surface area contributed by atoms with Crippen molar-refractivity contribution < 1.29 is 13.2 Å². The molecule has 1 fully saturated rings. The van der Waals surface area contributed by atoms with Gasteiger partial charge in [-0.3, -0.25) is 9.48 Å². The molecule has 1 amide bonds. The van der Waals surface area contributed by atoms with Crippen LogP contribution in [0.15, 0.2) is 11.1 Å². The fourth-order valence-corrected chi connectivity index (χ4v) is 2.85. The number of likely N-dealkylation sites (N-methyl/N-ethyl adjacent to an activating group) is 1. The van der Waals surface area contributed by atoms with E-state index in [0.29, 0.717) is 0 Å². The Labute approximate surface area is 111 Å². The van der Waals surface area contributed by atoms with Crippen LogP contribution in [0.3, 0.4) is 0 Å². The molecule has 0 bridgehead atoms. The molecule has 3 N–H and O–H groups in total. The lowest BCUT2D eigenvalue weighted by Crippen LogP contribution is -2.39. The molecule has 9 heteroatoms. The largest absolute Gasteiger partial charge is 0.381 e. The maximum absolute atomic E-state index is 12.2. The summed E-state index contributed by atoms with van der Waals surface area (Å²) < 4.78 is 26.7. The fourth-order valence-electron chi connectivity index (χ4n) is 1.64. The average Bonchev–Trinajstić information content (AvgIpc) is 3.02. The van der Waals surface area contributed by atoms with Crippen molar-refractivity contribution in [1.29, 1.82) is 0 Å². The summed E-state index contributed by atoms with van der Waals surface area (Å²) in [5.74, 6) is -0.381. The third kappa shape index (κ3) is 3.04. The number of nitrogen functional groups attached to an aromatic ring is 1. The fraction of sp³-hybridized carbons (Fsp3) is 0.600. The Balaban J connectivity index is 2.09. The van der Waals surface area contributed by atoms with E-state index in [0.717, 1.165) is 17.1 Å². The van der Waals surface area contributed by atoms with Gasteiger partial charge in [-0.05, 0) is 12.8 Å². The number of aryl methyl sites for hydroxylation is 1. The van der Waals surface area contributed by atoms with Gasteiger partial charge in [0.15, 0.2) is 5.82 Å². The summed E-state index contributed by atoms with van der Waals surface area (Å²) in [6.45, 7) is -0.229. The number of nitrogens with zero attached hydrogens (tertiary/aromatic N) is 3. The van der Waals surface area contributed by atoms with Crippen molar-refractivity contribution in [1.82, 2.24) is 19.4 Å². The van der Waals surface area contributed by atoms with E-state index in [9.17, 15) is 13.2 Å². The Bertz CT molecular complexity index is 590. The van der Waals surface area contributed by atoms with Crippen LogP contribution in [0, 0.1) is 0 Å². The van der Waals surface area contributed by atoms with Crippen LogP contribution in [-0.4, -0.2) is 48.0 Å². The lowest BCUT2D eigenvalue weighted by Gasteiger charge is -2.15. The summed E-state index contributed by atoms with van der Waals surface area (Å²) in [4.78, 5) is 11.5. The van der Waals surface area contributed by atoms with Crippen LogP contribution in [0.25, 0.3) is 0 Å². The predicted octanol–water partition coefficient (Wildman–Crippen LogP) is -1.10. The zero-order chi connectivity index (χ0) is 14.2. The Kier molecular flexibility index (Phi) is 3.50. The number of nitrogens with two attached hydrogens (primary N) is 1. The van der Waals surface area contributed by atoms with Gasteiger partial charge in [-0.25, -0.2) is 8.42 Å². The lowest BCUT2D eigenvalue weighted by molar-refractivity contribution is -0.121. The average molecular weight is 287 g/mol. The van der Waals surface area contributed by atoms with E-state index in [1.54, 1.807) is 7.05 Å². The Morgan fingerprint density at radius 2 is 2.26 bits per heavy atom. The van der Waals surface area contributed by atoms with E-state index >= 15 is 0 Å². The molecule has 0 radical (unpaired) electrons. The molecule has 19 heavy (non-hydrogen) atoms. The molecule has 8 nitrogen and oxygen atoms in total. The number of rotatable bonds is 5. The first-order valence-electron chi connectivity index (χ1n) is 5.85. The SMILES string of the molecule is CN(CC(=O)NC1CC1)S(=O)(=O)c1cn(C)nc1N. The second-order valence-corrected chi connectivity index (χ2v) is 6.67. The minimum atomic E-state index is -3.80. The highest BCUT2D eigenvalue weighted by Crippen LogP contribution is 2.20. The molecule has 1 heterocycles. The minimum Gasteiger partial charge on any atom is -0.381 e. The number of carbonyl (C=O) groups is 1. The highest BCUT2D eigenvalue weighted by atomic mass is 32.2. The van der Waals surface area contributed by atoms with Crippen molar-refractivity contribution >= 4 is 21.7 Å². The normalized spacial score (nSPS) is 15.7. The van der Waals surface area contributed by atoms with Crippen LogP contribution in [-0.2, 0) is 21.9 Å². The van der Waals surface area contributed by atoms with Gasteiger partial charge in [0.2, 0.25) is 15.9 Å². The van der Waals surface area contributed by atoms with E-state index in [2.05, 4.69) is 10.4 Å². The second-order valence-electron chi connectivity index (χ2n) is 4.66. The Morgan fingerprint density at radius 3 is 2.74 bits per heavy atom. The third-order valence-electron chi connectivity index (χ3n) is 2.82. The molecule has 106 valence electrons. The quantitative estimate of drug-likeness (QED) is 0.714. The number of nitrogens with one attached hydrogen (secondary N) is 1. The van der Waals surface area contributed by atoms with Crippen molar-refractivity contribution in [3.8, 4) is 0 Å². The van der Waals surface area contributed by atoms with E-state index in [4.69, 9.17) is 5.73 Å². The van der Waals surface area contributed by atoms with Gasteiger partial charge in [0.25, 0.3) is 0 Å². The molecule has 2 rings (SSSR count). The van der Waals surface area contributed by atoms with Crippen molar-refractivity contribution in [2.75, 3.05) is 19.3 Å².